The molecule has 0 N–H and O–H groups in total. The van der Waals surface area contributed by atoms with Gasteiger partial charge in [0.1, 0.15) is 5.52 Å². The molecule has 1 aromatic heterocycles. The van der Waals surface area contributed by atoms with Gasteiger partial charge in [-0.15, -0.1) is 16.7 Å². The molecule has 0 saturated heterocycles. The molecule has 15 heavy (non-hydrogen) atoms. The molecule has 0 saturated carbocycles. The van der Waals surface area contributed by atoms with Gasteiger partial charge in [0.15, 0.2) is 5.82 Å². The molecule has 0 amide bonds. The summed E-state index contributed by atoms with van der Waals surface area (Å²) in [6.07, 6.45) is 1.86. The Morgan fingerprint density at radius 2 is 2.20 bits per heavy atom. The average Bonchev–Trinajstić information content (AvgIpc) is 2.64. The van der Waals surface area contributed by atoms with Gasteiger partial charge >= 0.3 is 0 Å². The number of rotatable bonds is 4. The van der Waals surface area contributed by atoms with Crippen LogP contribution in [0.15, 0.2) is 18.2 Å². The van der Waals surface area contributed by atoms with Crippen molar-refractivity contribution in [2.24, 2.45) is 0 Å². The molecule has 2 aromatic rings. The minimum absolute atomic E-state index is 0.323. The summed E-state index contributed by atoms with van der Waals surface area (Å²) >= 11 is 5.58. The summed E-state index contributed by atoms with van der Waals surface area (Å²) in [6.45, 7) is 0.729. The van der Waals surface area contributed by atoms with Crippen LogP contribution in [0.5, 0.6) is 0 Å². The van der Waals surface area contributed by atoms with E-state index >= 15 is 0 Å². The second-order valence-corrected chi connectivity index (χ2v) is 3.69. The van der Waals surface area contributed by atoms with Crippen molar-refractivity contribution in [3.63, 3.8) is 0 Å². The molecule has 0 bridgehead atoms. The molecule has 80 valence electrons. The van der Waals surface area contributed by atoms with E-state index in [9.17, 15) is 4.39 Å². The monoisotopic (exact) mass is 227 g/mol. The number of nitrogens with zero attached hydrogens (tertiary/aromatic N) is 3. The lowest BCUT2D eigenvalue weighted by molar-refractivity contribution is 0.568. The normalized spacial score (nSPS) is 11.1. The van der Waals surface area contributed by atoms with Crippen molar-refractivity contribution in [1.29, 1.82) is 0 Å². The van der Waals surface area contributed by atoms with Crippen molar-refractivity contribution >= 4 is 22.6 Å². The van der Waals surface area contributed by atoms with E-state index in [1.54, 1.807) is 10.7 Å². The van der Waals surface area contributed by atoms with E-state index in [1.165, 1.54) is 6.07 Å². The predicted molar refractivity (Wildman–Crippen MR) is 57.4 cm³/mol. The summed E-state index contributed by atoms with van der Waals surface area (Å²) < 4.78 is 15.0. The summed E-state index contributed by atoms with van der Waals surface area (Å²) in [5.41, 5.74) is 1.08. The van der Waals surface area contributed by atoms with Crippen molar-refractivity contribution < 1.29 is 4.39 Å². The summed E-state index contributed by atoms with van der Waals surface area (Å²) in [5.74, 6) is 0.317. The summed E-state index contributed by atoms with van der Waals surface area (Å²) in [4.78, 5) is 0. The van der Waals surface area contributed by atoms with Gasteiger partial charge in [0.2, 0.25) is 0 Å². The fourth-order valence-corrected chi connectivity index (χ4v) is 1.67. The van der Waals surface area contributed by atoms with Crippen LogP contribution in [-0.4, -0.2) is 20.9 Å². The van der Waals surface area contributed by atoms with Gasteiger partial charge in [-0.25, -0.2) is 9.07 Å². The van der Waals surface area contributed by atoms with E-state index in [2.05, 4.69) is 10.3 Å². The quantitative estimate of drug-likeness (QED) is 0.594. The van der Waals surface area contributed by atoms with Gasteiger partial charge in [0, 0.05) is 12.4 Å². The molecular weight excluding hydrogens is 217 g/mol. The number of aryl methyl sites for hydroxylation is 1. The molecule has 0 radical (unpaired) electrons. The van der Waals surface area contributed by atoms with Gasteiger partial charge in [0.25, 0.3) is 0 Å². The third-order valence-electron chi connectivity index (χ3n) is 2.25. The standard InChI is InChI=1S/C10H11ClFN3/c11-6-1-2-7-15-9-5-3-4-8(12)10(9)13-14-15/h3-5H,1-2,6-7H2. The van der Waals surface area contributed by atoms with Gasteiger partial charge in [-0.2, -0.15) is 0 Å². The Kier molecular flexibility index (Phi) is 3.16. The SMILES string of the molecule is Fc1cccc2c1nnn2CCCCCl. The molecule has 2 rings (SSSR count). The fourth-order valence-electron chi connectivity index (χ4n) is 1.48. The highest BCUT2D eigenvalue weighted by atomic mass is 35.5. The first kappa shape index (κ1) is 10.4. The number of halogens is 2. The molecule has 0 aliphatic rings. The first-order valence-corrected chi connectivity index (χ1v) is 5.40. The molecule has 0 unspecified atom stereocenters. The molecule has 1 heterocycles. The Bertz CT molecular complexity index is 455. The third kappa shape index (κ3) is 2.09. The highest BCUT2D eigenvalue weighted by Gasteiger charge is 2.07. The van der Waals surface area contributed by atoms with Crippen LogP contribution in [-0.2, 0) is 6.54 Å². The maximum Gasteiger partial charge on any atom is 0.152 e. The maximum atomic E-state index is 13.3. The Balaban J connectivity index is 2.25. The highest BCUT2D eigenvalue weighted by molar-refractivity contribution is 6.17. The van der Waals surface area contributed by atoms with E-state index in [0.717, 1.165) is 24.9 Å². The van der Waals surface area contributed by atoms with Gasteiger partial charge in [-0.1, -0.05) is 11.3 Å². The Morgan fingerprint density at radius 1 is 1.33 bits per heavy atom. The molecule has 5 heteroatoms. The topological polar surface area (TPSA) is 30.7 Å². The molecular formula is C10H11ClFN3. The molecule has 0 fully saturated rings. The minimum atomic E-state index is -0.323. The van der Waals surface area contributed by atoms with E-state index in [4.69, 9.17) is 11.6 Å². The van der Waals surface area contributed by atoms with Crippen LogP contribution < -0.4 is 0 Å². The molecule has 1 aromatic carbocycles. The highest BCUT2D eigenvalue weighted by Crippen LogP contribution is 2.14. The molecule has 0 aliphatic carbocycles. The van der Waals surface area contributed by atoms with Crippen molar-refractivity contribution in [2.75, 3.05) is 5.88 Å². The van der Waals surface area contributed by atoms with Crippen LogP contribution in [0.1, 0.15) is 12.8 Å². The van der Waals surface area contributed by atoms with E-state index in [1.807, 2.05) is 6.07 Å². The molecule has 3 nitrogen and oxygen atoms in total. The van der Waals surface area contributed by atoms with Gasteiger partial charge < -0.3 is 0 Å². The average molecular weight is 228 g/mol. The second kappa shape index (κ2) is 4.57. The zero-order valence-corrected chi connectivity index (χ0v) is 8.91. The fraction of sp³-hybridized carbons (Fsp3) is 0.400. The Morgan fingerprint density at radius 3 is 3.00 bits per heavy atom. The van der Waals surface area contributed by atoms with Crippen molar-refractivity contribution in [3.8, 4) is 0 Å². The second-order valence-electron chi connectivity index (χ2n) is 3.32. The summed E-state index contributed by atoms with van der Waals surface area (Å²) in [6, 6.07) is 4.87. The van der Waals surface area contributed by atoms with E-state index in [0.29, 0.717) is 11.4 Å². The van der Waals surface area contributed by atoms with Crippen molar-refractivity contribution in [3.05, 3.63) is 24.0 Å². The molecule has 0 atom stereocenters. The lowest BCUT2D eigenvalue weighted by Crippen LogP contribution is -2.00. The van der Waals surface area contributed by atoms with Crippen molar-refractivity contribution in [1.82, 2.24) is 15.0 Å². The molecule has 0 aliphatic heterocycles. The third-order valence-corrected chi connectivity index (χ3v) is 2.52. The zero-order valence-electron chi connectivity index (χ0n) is 8.16. The van der Waals surface area contributed by atoms with E-state index < -0.39 is 0 Å². The number of aromatic nitrogens is 3. The number of hydrogen-bond donors (Lipinski definition) is 0. The van der Waals surface area contributed by atoms with Gasteiger partial charge in [0.05, 0.1) is 5.52 Å². The van der Waals surface area contributed by atoms with Crippen LogP contribution >= 0.6 is 11.6 Å². The van der Waals surface area contributed by atoms with Crippen LogP contribution in [0.2, 0.25) is 0 Å². The van der Waals surface area contributed by atoms with Gasteiger partial charge in [-0.05, 0) is 25.0 Å². The zero-order chi connectivity index (χ0) is 10.7. The number of hydrogen-bond acceptors (Lipinski definition) is 2. The first-order chi connectivity index (χ1) is 7.33. The Hall–Kier alpha value is -1.16. The van der Waals surface area contributed by atoms with Crippen LogP contribution in [0.25, 0.3) is 11.0 Å². The number of unbranched alkanes of at least 4 members (excludes halogenated alkanes) is 1. The van der Waals surface area contributed by atoms with Crippen LogP contribution in [0.4, 0.5) is 4.39 Å². The largest absolute Gasteiger partial charge is 0.245 e. The predicted octanol–water partition coefficient (Wildman–Crippen LogP) is 2.59. The van der Waals surface area contributed by atoms with Crippen LogP contribution in [0.3, 0.4) is 0 Å². The summed E-state index contributed by atoms with van der Waals surface area (Å²) in [5, 5.41) is 7.71. The number of alkyl halides is 1. The van der Waals surface area contributed by atoms with Crippen molar-refractivity contribution in [2.45, 2.75) is 19.4 Å². The van der Waals surface area contributed by atoms with Gasteiger partial charge in [-0.3, -0.25) is 0 Å². The maximum absolute atomic E-state index is 13.3. The Labute approximate surface area is 91.8 Å². The van der Waals surface area contributed by atoms with E-state index in [-0.39, 0.29) is 5.82 Å². The number of benzene rings is 1. The lowest BCUT2D eigenvalue weighted by Gasteiger charge is -2.00. The smallest absolute Gasteiger partial charge is 0.152 e. The molecule has 0 spiro atoms. The lowest BCUT2D eigenvalue weighted by atomic mass is 10.3. The van der Waals surface area contributed by atoms with Crippen LogP contribution in [0, 0.1) is 5.82 Å². The summed E-state index contributed by atoms with van der Waals surface area (Å²) in [7, 11) is 0. The first-order valence-electron chi connectivity index (χ1n) is 4.86. The minimum Gasteiger partial charge on any atom is -0.245 e. The number of fused-ring (bicyclic) bond motifs is 1.